The molecule has 3 amide bonds. The molecule has 0 saturated carbocycles. The molecule has 7 nitrogen and oxygen atoms in total. The highest BCUT2D eigenvalue weighted by molar-refractivity contribution is 6.42. The lowest BCUT2D eigenvalue weighted by Gasteiger charge is -2.44. The van der Waals surface area contributed by atoms with Crippen molar-refractivity contribution in [3.8, 4) is 6.07 Å². The van der Waals surface area contributed by atoms with Crippen LogP contribution >= 0.6 is 23.2 Å². The first-order valence-corrected chi connectivity index (χ1v) is 13.2. The molecule has 37 heavy (non-hydrogen) atoms. The van der Waals surface area contributed by atoms with Gasteiger partial charge in [0.15, 0.2) is 0 Å². The summed E-state index contributed by atoms with van der Waals surface area (Å²) in [6.07, 6.45) is 1.89. The first kappa shape index (κ1) is 27.0. The first-order chi connectivity index (χ1) is 17.7. The smallest absolute Gasteiger partial charge is 0.255 e. The van der Waals surface area contributed by atoms with E-state index in [-0.39, 0.29) is 35.6 Å². The predicted molar refractivity (Wildman–Crippen MR) is 142 cm³/mol. The van der Waals surface area contributed by atoms with E-state index in [2.05, 4.69) is 6.07 Å². The molecule has 0 spiro atoms. The van der Waals surface area contributed by atoms with E-state index in [1.165, 1.54) is 0 Å². The average molecular weight is 541 g/mol. The lowest BCUT2D eigenvalue weighted by molar-refractivity contribution is -0.141. The Morgan fingerprint density at radius 3 is 2.30 bits per heavy atom. The second-order valence-corrected chi connectivity index (χ2v) is 10.6. The highest BCUT2D eigenvalue weighted by Gasteiger charge is 2.39. The molecule has 2 aromatic carbocycles. The highest BCUT2D eigenvalue weighted by Crippen LogP contribution is 2.35. The summed E-state index contributed by atoms with van der Waals surface area (Å²) >= 11 is 12.5. The van der Waals surface area contributed by atoms with Gasteiger partial charge in [0.25, 0.3) is 5.91 Å². The van der Waals surface area contributed by atoms with Gasteiger partial charge in [0.1, 0.15) is 0 Å². The van der Waals surface area contributed by atoms with Crippen LogP contribution in [0.25, 0.3) is 0 Å². The van der Waals surface area contributed by atoms with E-state index in [0.29, 0.717) is 66.6 Å². The van der Waals surface area contributed by atoms with Gasteiger partial charge >= 0.3 is 0 Å². The molecule has 194 valence electrons. The van der Waals surface area contributed by atoms with Crippen LogP contribution in [0.1, 0.15) is 53.6 Å². The fraction of sp³-hybridized carbons (Fsp3) is 0.429. The number of piperidine rings is 2. The number of nitrogens with zero attached hydrogens (tertiary/aromatic N) is 4. The largest absolute Gasteiger partial charge is 0.343 e. The van der Waals surface area contributed by atoms with Crippen LogP contribution in [0.3, 0.4) is 0 Å². The lowest BCUT2D eigenvalue weighted by Crippen LogP contribution is -2.53. The quantitative estimate of drug-likeness (QED) is 0.568. The van der Waals surface area contributed by atoms with E-state index in [1.807, 2.05) is 17.0 Å². The van der Waals surface area contributed by atoms with Gasteiger partial charge in [-0.2, -0.15) is 5.26 Å². The van der Waals surface area contributed by atoms with E-state index < -0.39 is 0 Å². The van der Waals surface area contributed by atoms with Gasteiger partial charge < -0.3 is 14.7 Å². The van der Waals surface area contributed by atoms with Crippen molar-refractivity contribution in [1.82, 2.24) is 14.7 Å². The van der Waals surface area contributed by atoms with Crippen LogP contribution < -0.4 is 0 Å². The molecular weight excluding hydrogens is 511 g/mol. The van der Waals surface area contributed by atoms with Crippen molar-refractivity contribution in [2.45, 2.75) is 38.1 Å². The number of halogens is 2. The monoisotopic (exact) mass is 540 g/mol. The third-order valence-corrected chi connectivity index (χ3v) is 8.38. The minimum absolute atomic E-state index is 0.0390. The Morgan fingerprint density at radius 2 is 1.65 bits per heavy atom. The van der Waals surface area contributed by atoms with E-state index in [0.717, 1.165) is 5.56 Å². The van der Waals surface area contributed by atoms with Gasteiger partial charge in [-0.25, -0.2) is 0 Å². The molecule has 2 aromatic rings. The summed E-state index contributed by atoms with van der Waals surface area (Å²) in [5.74, 6) is -0.410. The van der Waals surface area contributed by atoms with Crippen LogP contribution in [0.15, 0.2) is 42.5 Å². The number of nitriles is 1. The molecule has 2 aliphatic heterocycles. The van der Waals surface area contributed by atoms with Gasteiger partial charge in [-0.05, 0) is 49.1 Å². The molecule has 0 N–H and O–H groups in total. The van der Waals surface area contributed by atoms with E-state index in [9.17, 15) is 19.6 Å². The normalized spacial score (nSPS) is 20.3. The minimum atomic E-state index is -0.233. The van der Waals surface area contributed by atoms with E-state index >= 15 is 0 Å². The third kappa shape index (κ3) is 5.76. The predicted octanol–water partition coefficient (Wildman–Crippen LogP) is 4.58. The van der Waals surface area contributed by atoms with Crippen LogP contribution in [0, 0.1) is 17.2 Å². The molecule has 2 fully saturated rings. The highest BCUT2D eigenvalue weighted by atomic mass is 35.5. The Kier molecular flexibility index (Phi) is 8.41. The SMILES string of the molecule is CC(=O)N1CCC(C(=O)N2CC[C@@H](N(C)C(=O)c3ccccc3C#N)[C@H](c3ccc(Cl)c(Cl)c3)C2)CC1. The molecule has 2 atom stereocenters. The summed E-state index contributed by atoms with van der Waals surface area (Å²) in [5, 5.41) is 10.4. The van der Waals surface area contributed by atoms with Crippen LogP contribution in [0.2, 0.25) is 10.0 Å². The van der Waals surface area contributed by atoms with Gasteiger partial charge in [0.2, 0.25) is 11.8 Å². The fourth-order valence-corrected chi connectivity index (χ4v) is 5.79. The summed E-state index contributed by atoms with van der Waals surface area (Å²) in [7, 11) is 1.75. The second-order valence-electron chi connectivity index (χ2n) is 9.77. The van der Waals surface area contributed by atoms with Gasteiger partial charge in [0, 0.05) is 58.0 Å². The molecule has 0 bridgehead atoms. The number of carbonyl (C=O) groups excluding carboxylic acids is 3. The Hall–Kier alpha value is -3.08. The molecule has 0 aromatic heterocycles. The van der Waals surface area contributed by atoms with Crippen molar-refractivity contribution in [1.29, 1.82) is 5.26 Å². The number of hydrogen-bond donors (Lipinski definition) is 0. The molecule has 4 rings (SSSR count). The molecule has 0 radical (unpaired) electrons. The van der Waals surface area contributed by atoms with E-state index in [1.54, 1.807) is 54.1 Å². The average Bonchev–Trinajstić information content (AvgIpc) is 2.93. The maximum Gasteiger partial charge on any atom is 0.255 e. The lowest BCUT2D eigenvalue weighted by atomic mass is 9.83. The molecule has 0 aliphatic carbocycles. The number of rotatable bonds is 4. The molecular formula is C28H30Cl2N4O3. The zero-order valence-electron chi connectivity index (χ0n) is 21.0. The number of hydrogen-bond acceptors (Lipinski definition) is 4. The van der Waals surface area contributed by atoms with Crippen molar-refractivity contribution >= 4 is 40.9 Å². The zero-order chi connectivity index (χ0) is 26.7. The zero-order valence-corrected chi connectivity index (χ0v) is 22.5. The fourth-order valence-electron chi connectivity index (χ4n) is 5.48. The van der Waals surface area contributed by atoms with Gasteiger partial charge in [-0.15, -0.1) is 0 Å². The summed E-state index contributed by atoms with van der Waals surface area (Å²) in [6.45, 7) is 3.70. The van der Waals surface area contributed by atoms with Crippen LogP contribution in [-0.4, -0.2) is 71.7 Å². The Labute approximate surface area is 227 Å². The Balaban J connectivity index is 1.58. The molecule has 9 heteroatoms. The van der Waals surface area contributed by atoms with Crippen molar-refractivity contribution in [2.24, 2.45) is 5.92 Å². The maximum absolute atomic E-state index is 13.5. The number of likely N-dealkylation sites (N-methyl/N-ethyl adjacent to an activating group) is 1. The van der Waals surface area contributed by atoms with Crippen LogP contribution in [-0.2, 0) is 9.59 Å². The minimum Gasteiger partial charge on any atom is -0.343 e. The summed E-state index contributed by atoms with van der Waals surface area (Å²) in [4.78, 5) is 44.0. The summed E-state index contributed by atoms with van der Waals surface area (Å²) < 4.78 is 0. The summed E-state index contributed by atoms with van der Waals surface area (Å²) in [6, 6.07) is 14.1. The maximum atomic E-state index is 13.5. The van der Waals surface area contributed by atoms with Gasteiger partial charge in [-0.3, -0.25) is 14.4 Å². The molecule has 2 saturated heterocycles. The number of amides is 3. The molecule has 0 unspecified atom stereocenters. The van der Waals surface area contributed by atoms with Crippen molar-refractivity contribution < 1.29 is 14.4 Å². The summed E-state index contributed by atoms with van der Waals surface area (Å²) in [5.41, 5.74) is 1.59. The number of benzene rings is 2. The first-order valence-electron chi connectivity index (χ1n) is 12.5. The Morgan fingerprint density at radius 1 is 0.973 bits per heavy atom. The van der Waals surface area contributed by atoms with Gasteiger partial charge in [0.05, 0.1) is 27.2 Å². The molecule has 2 heterocycles. The Bertz CT molecular complexity index is 1240. The second kappa shape index (κ2) is 11.5. The number of likely N-dealkylation sites (tertiary alicyclic amines) is 2. The third-order valence-electron chi connectivity index (χ3n) is 7.65. The van der Waals surface area contributed by atoms with Crippen LogP contribution in [0.5, 0.6) is 0 Å². The topological polar surface area (TPSA) is 84.7 Å². The van der Waals surface area contributed by atoms with Gasteiger partial charge in [-0.1, -0.05) is 41.4 Å². The van der Waals surface area contributed by atoms with E-state index in [4.69, 9.17) is 23.2 Å². The molecule has 2 aliphatic rings. The van der Waals surface area contributed by atoms with Crippen LogP contribution in [0.4, 0.5) is 0 Å². The standard InChI is InChI=1S/C28H30Cl2N4O3/c1-18(35)33-12-9-19(10-13-33)27(36)34-14-11-26(23(17-34)20-7-8-24(29)25(30)15-20)32(2)28(37)22-6-4-3-5-21(22)16-31/h3-8,15,19,23,26H,9-14,17H2,1-2H3/t23-,26+/m0/s1. The van der Waals surface area contributed by atoms with Crippen molar-refractivity contribution in [3.63, 3.8) is 0 Å². The van der Waals surface area contributed by atoms with Crippen molar-refractivity contribution in [2.75, 3.05) is 33.2 Å². The number of carbonyl (C=O) groups is 3. The van der Waals surface area contributed by atoms with Crippen molar-refractivity contribution in [3.05, 3.63) is 69.2 Å².